The van der Waals surface area contributed by atoms with Crippen LogP contribution in [0.4, 0.5) is 8.78 Å². The molecule has 0 aliphatic carbocycles. The van der Waals surface area contributed by atoms with Gasteiger partial charge in [-0.3, -0.25) is 0 Å². The predicted molar refractivity (Wildman–Crippen MR) is 65.1 cm³/mol. The standard InChI is InChI=1S/C15H14F2/c1-10-3-6-12(7-4-10)9-13-8-5-11(2)14(16)15(13)17/h3-8H,9H2,1-2H3. The molecule has 0 nitrogen and oxygen atoms in total. The third-order valence-electron chi connectivity index (χ3n) is 2.87. The zero-order valence-corrected chi connectivity index (χ0v) is 9.93. The van der Waals surface area contributed by atoms with E-state index in [1.165, 1.54) is 0 Å². The van der Waals surface area contributed by atoms with E-state index in [-0.39, 0.29) is 0 Å². The Morgan fingerprint density at radius 3 is 2.12 bits per heavy atom. The van der Waals surface area contributed by atoms with Crippen LogP contribution in [0.5, 0.6) is 0 Å². The molecule has 0 aromatic heterocycles. The first-order chi connectivity index (χ1) is 8.08. The largest absolute Gasteiger partial charge is 0.203 e. The average Bonchev–Trinajstić information content (AvgIpc) is 2.33. The lowest BCUT2D eigenvalue weighted by Gasteiger charge is -2.06. The van der Waals surface area contributed by atoms with Gasteiger partial charge in [-0.25, -0.2) is 8.78 Å². The second-order valence-corrected chi connectivity index (χ2v) is 4.33. The minimum Gasteiger partial charge on any atom is -0.203 e. The van der Waals surface area contributed by atoms with Crippen molar-refractivity contribution < 1.29 is 8.78 Å². The molecule has 0 fully saturated rings. The first-order valence-electron chi connectivity index (χ1n) is 5.57. The van der Waals surface area contributed by atoms with Crippen molar-refractivity contribution in [1.82, 2.24) is 0 Å². The van der Waals surface area contributed by atoms with Crippen molar-refractivity contribution in [3.63, 3.8) is 0 Å². The number of benzene rings is 2. The second-order valence-electron chi connectivity index (χ2n) is 4.33. The van der Waals surface area contributed by atoms with Gasteiger partial charge in [0.1, 0.15) is 0 Å². The normalized spacial score (nSPS) is 10.6. The predicted octanol–water partition coefficient (Wildman–Crippen LogP) is 4.17. The Hall–Kier alpha value is -1.70. The summed E-state index contributed by atoms with van der Waals surface area (Å²) < 4.78 is 27.0. The van der Waals surface area contributed by atoms with Crippen molar-refractivity contribution in [1.29, 1.82) is 0 Å². The highest BCUT2D eigenvalue weighted by atomic mass is 19.2. The molecule has 2 rings (SSSR count). The molecule has 0 atom stereocenters. The summed E-state index contributed by atoms with van der Waals surface area (Å²) in [4.78, 5) is 0. The van der Waals surface area contributed by atoms with Crippen LogP contribution in [0.3, 0.4) is 0 Å². The highest BCUT2D eigenvalue weighted by Gasteiger charge is 2.10. The van der Waals surface area contributed by atoms with Gasteiger partial charge in [-0.2, -0.15) is 0 Å². The van der Waals surface area contributed by atoms with Gasteiger partial charge < -0.3 is 0 Å². The molecular formula is C15H14F2. The van der Waals surface area contributed by atoms with Crippen LogP contribution in [-0.4, -0.2) is 0 Å². The third kappa shape index (κ3) is 2.52. The van der Waals surface area contributed by atoms with Crippen molar-refractivity contribution in [2.24, 2.45) is 0 Å². The zero-order chi connectivity index (χ0) is 12.4. The fourth-order valence-electron chi connectivity index (χ4n) is 1.75. The molecule has 0 aliphatic heterocycles. The molecule has 2 heteroatoms. The summed E-state index contributed by atoms with van der Waals surface area (Å²) in [6.45, 7) is 3.56. The molecule has 2 aromatic rings. The van der Waals surface area contributed by atoms with Crippen LogP contribution in [0.15, 0.2) is 36.4 Å². The summed E-state index contributed by atoms with van der Waals surface area (Å²) in [5, 5.41) is 0. The van der Waals surface area contributed by atoms with E-state index in [2.05, 4.69) is 0 Å². The minimum atomic E-state index is -0.741. The topological polar surface area (TPSA) is 0 Å². The molecule has 0 bridgehead atoms. The zero-order valence-electron chi connectivity index (χ0n) is 9.93. The highest BCUT2D eigenvalue weighted by Crippen LogP contribution is 2.19. The number of hydrogen-bond acceptors (Lipinski definition) is 0. The Balaban J connectivity index is 2.30. The maximum absolute atomic E-state index is 13.7. The average molecular weight is 232 g/mol. The Morgan fingerprint density at radius 2 is 1.47 bits per heavy atom. The van der Waals surface area contributed by atoms with Gasteiger partial charge >= 0.3 is 0 Å². The van der Waals surface area contributed by atoms with Crippen LogP contribution in [0.2, 0.25) is 0 Å². The Labute approximate surface area is 99.9 Å². The van der Waals surface area contributed by atoms with E-state index < -0.39 is 11.6 Å². The van der Waals surface area contributed by atoms with Crippen LogP contribution in [0.25, 0.3) is 0 Å². The maximum atomic E-state index is 13.7. The van der Waals surface area contributed by atoms with Crippen molar-refractivity contribution in [2.45, 2.75) is 20.3 Å². The molecule has 0 saturated carbocycles. The lowest BCUT2D eigenvalue weighted by atomic mass is 10.0. The SMILES string of the molecule is Cc1ccc(Cc2ccc(C)c(F)c2F)cc1. The summed E-state index contributed by atoms with van der Waals surface area (Å²) >= 11 is 0. The van der Waals surface area contributed by atoms with Gasteiger partial charge in [-0.15, -0.1) is 0 Å². The molecule has 0 unspecified atom stereocenters. The molecule has 0 amide bonds. The smallest absolute Gasteiger partial charge is 0.162 e. The van der Waals surface area contributed by atoms with E-state index in [9.17, 15) is 8.78 Å². The van der Waals surface area contributed by atoms with E-state index in [0.29, 0.717) is 17.5 Å². The van der Waals surface area contributed by atoms with Crippen molar-refractivity contribution in [3.05, 3.63) is 70.3 Å². The fourth-order valence-corrected chi connectivity index (χ4v) is 1.75. The molecule has 0 aliphatic rings. The van der Waals surface area contributed by atoms with Gasteiger partial charge in [0.25, 0.3) is 0 Å². The van der Waals surface area contributed by atoms with Crippen molar-refractivity contribution in [2.75, 3.05) is 0 Å². The Kier molecular flexibility index (Phi) is 3.23. The molecule has 0 radical (unpaired) electrons. The van der Waals surface area contributed by atoms with Crippen LogP contribution >= 0.6 is 0 Å². The number of rotatable bonds is 2. The first kappa shape index (κ1) is 11.8. The van der Waals surface area contributed by atoms with Crippen LogP contribution < -0.4 is 0 Å². The summed E-state index contributed by atoms with van der Waals surface area (Å²) in [6.07, 6.45) is 0.420. The van der Waals surface area contributed by atoms with Crippen LogP contribution in [-0.2, 0) is 6.42 Å². The van der Waals surface area contributed by atoms with E-state index in [0.717, 1.165) is 11.1 Å². The van der Waals surface area contributed by atoms with Gasteiger partial charge in [0.05, 0.1) is 0 Å². The highest BCUT2D eigenvalue weighted by molar-refractivity contribution is 5.31. The lowest BCUT2D eigenvalue weighted by molar-refractivity contribution is 0.495. The van der Waals surface area contributed by atoms with Gasteiger partial charge in [0.2, 0.25) is 0 Å². The molecule has 88 valence electrons. The summed E-state index contributed by atoms with van der Waals surface area (Å²) in [7, 11) is 0. The van der Waals surface area contributed by atoms with Crippen molar-refractivity contribution >= 4 is 0 Å². The molecule has 0 heterocycles. The van der Waals surface area contributed by atoms with Gasteiger partial charge in [0, 0.05) is 6.42 Å². The Morgan fingerprint density at radius 1 is 0.824 bits per heavy atom. The quantitative estimate of drug-likeness (QED) is 0.729. The summed E-state index contributed by atoms with van der Waals surface area (Å²) in [5.74, 6) is -1.47. The first-order valence-corrected chi connectivity index (χ1v) is 5.57. The summed E-state index contributed by atoms with van der Waals surface area (Å²) in [6, 6.07) is 11.1. The van der Waals surface area contributed by atoms with Gasteiger partial charge in [-0.1, -0.05) is 42.0 Å². The Bertz CT molecular complexity index is 527. The summed E-state index contributed by atoms with van der Waals surface area (Å²) in [5.41, 5.74) is 2.88. The molecule has 0 spiro atoms. The maximum Gasteiger partial charge on any atom is 0.162 e. The number of aryl methyl sites for hydroxylation is 2. The lowest BCUT2D eigenvalue weighted by Crippen LogP contribution is -1.98. The molecular weight excluding hydrogens is 218 g/mol. The second kappa shape index (κ2) is 4.66. The van der Waals surface area contributed by atoms with E-state index >= 15 is 0 Å². The molecule has 17 heavy (non-hydrogen) atoms. The minimum absolute atomic E-state index is 0.343. The van der Waals surface area contributed by atoms with Gasteiger partial charge in [0.15, 0.2) is 11.6 Å². The molecule has 0 N–H and O–H groups in total. The third-order valence-corrected chi connectivity index (χ3v) is 2.87. The van der Waals surface area contributed by atoms with E-state index in [1.807, 2.05) is 31.2 Å². The molecule has 0 saturated heterocycles. The number of halogens is 2. The molecule has 2 aromatic carbocycles. The fraction of sp³-hybridized carbons (Fsp3) is 0.200. The van der Waals surface area contributed by atoms with Crippen LogP contribution in [0, 0.1) is 25.5 Å². The van der Waals surface area contributed by atoms with Crippen molar-refractivity contribution in [3.8, 4) is 0 Å². The van der Waals surface area contributed by atoms with E-state index in [1.54, 1.807) is 19.1 Å². The monoisotopic (exact) mass is 232 g/mol. The van der Waals surface area contributed by atoms with Gasteiger partial charge in [-0.05, 0) is 30.5 Å². The van der Waals surface area contributed by atoms with Crippen LogP contribution in [0.1, 0.15) is 22.3 Å². The van der Waals surface area contributed by atoms with E-state index in [4.69, 9.17) is 0 Å². The number of hydrogen-bond donors (Lipinski definition) is 0.